The number of rotatable bonds is 0. The van der Waals surface area contributed by atoms with E-state index in [-0.39, 0.29) is 52.8 Å². The van der Waals surface area contributed by atoms with E-state index >= 15 is 0 Å². The van der Waals surface area contributed by atoms with Crippen LogP contribution in [0, 0.1) is 0 Å². The molecule has 0 aliphatic carbocycles. The van der Waals surface area contributed by atoms with Gasteiger partial charge in [-0.15, -0.1) is 0 Å². The Labute approximate surface area is 69.8 Å². The van der Waals surface area contributed by atoms with E-state index in [0.29, 0.717) is 0 Å². The van der Waals surface area contributed by atoms with Crippen LogP contribution in [0.1, 0.15) is 1.43 Å². The summed E-state index contributed by atoms with van der Waals surface area (Å²) in [6.45, 7) is 0. The van der Waals surface area contributed by atoms with Crippen LogP contribution in [0.25, 0.3) is 0 Å². The van der Waals surface area contributed by atoms with E-state index in [2.05, 4.69) is 0 Å². The number of hydrogen-bond acceptors (Lipinski definition) is 1. The van der Waals surface area contributed by atoms with Gasteiger partial charge in [0.05, 0.1) is 0 Å². The van der Waals surface area contributed by atoms with Gasteiger partial charge in [0.2, 0.25) is 0 Å². The fraction of sp³-hybridized carbons (Fsp3) is 0. The molecule has 0 radical (unpaired) electrons. The Bertz CT molecular complexity index is 17.1. The van der Waals surface area contributed by atoms with E-state index in [1.807, 2.05) is 0 Å². The van der Waals surface area contributed by atoms with Crippen molar-refractivity contribution in [3.63, 3.8) is 0 Å². The first-order valence-electron chi connectivity index (χ1n) is 0.428. The van der Waals surface area contributed by atoms with Crippen LogP contribution < -0.4 is 51.4 Å². The molecule has 20 valence electrons. The van der Waals surface area contributed by atoms with Crippen molar-refractivity contribution in [2.75, 3.05) is 0 Å². The average molecular weight is 105 g/mol. The Balaban J connectivity index is -0.0000000200. The Hall–Kier alpha value is 1.70. The smallest absolute Gasteiger partial charge is 1.00 e. The van der Waals surface area contributed by atoms with Crippen molar-refractivity contribution in [2.24, 2.45) is 0 Å². The third kappa shape index (κ3) is 9.34. The van der Waals surface area contributed by atoms with E-state index in [1.54, 1.807) is 0 Å². The Morgan fingerprint density at radius 2 is 2.00 bits per heavy atom. The van der Waals surface area contributed by atoms with Crippen LogP contribution in [0.5, 0.6) is 0 Å². The molecule has 1 unspecified atom stereocenters. The second-order valence-electron chi connectivity index (χ2n) is 0.0913. The Morgan fingerprint density at radius 1 is 2.00 bits per heavy atom. The zero-order valence-electron chi connectivity index (χ0n) is 3.36. The van der Waals surface area contributed by atoms with Crippen LogP contribution in [-0.4, -0.2) is 4.89 Å². The van der Waals surface area contributed by atoms with Gasteiger partial charge in [0.15, 0.2) is 0 Å². The molecule has 0 saturated carbocycles. The minimum atomic E-state index is -1.17. The SMILES string of the molecule is O=[PH+]O.[H-].[K+]. The summed E-state index contributed by atoms with van der Waals surface area (Å²) in [4.78, 5) is 7.04. The summed E-state index contributed by atoms with van der Waals surface area (Å²) in [6.07, 6.45) is 0. The van der Waals surface area contributed by atoms with E-state index in [1.165, 1.54) is 0 Å². The van der Waals surface area contributed by atoms with Gasteiger partial charge in [0, 0.05) is 0 Å². The molecule has 0 aliphatic rings. The van der Waals surface area contributed by atoms with Crippen molar-refractivity contribution >= 4 is 8.69 Å². The van der Waals surface area contributed by atoms with Gasteiger partial charge in [-0.2, -0.15) is 4.89 Å². The molecule has 0 bridgehead atoms. The quantitative estimate of drug-likeness (QED) is 0.264. The fourth-order valence-electron chi connectivity index (χ4n) is 0. The first kappa shape index (κ1) is 9.20. The van der Waals surface area contributed by atoms with Gasteiger partial charge in [-0.25, -0.2) is 0 Å². The Morgan fingerprint density at radius 3 is 2.00 bits per heavy atom. The predicted molar refractivity (Wildman–Crippen MR) is 12.3 cm³/mol. The summed E-state index contributed by atoms with van der Waals surface area (Å²) >= 11 is 0. The molecular formula is H3KO2P+. The molecule has 0 fully saturated rings. The van der Waals surface area contributed by atoms with Crippen molar-refractivity contribution in [1.82, 2.24) is 0 Å². The molecule has 0 amide bonds. The van der Waals surface area contributed by atoms with Crippen LogP contribution in [0.2, 0.25) is 0 Å². The van der Waals surface area contributed by atoms with Gasteiger partial charge < -0.3 is 1.43 Å². The van der Waals surface area contributed by atoms with Crippen LogP contribution in [0.3, 0.4) is 0 Å². The van der Waals surface area contributed by atoms with Crippen molar-refractivity contribution in [1.29, 1.82) is 0 Å². The summed E-state index contributed by atoms with van der Waals surface area (Å²) in [5, 5.41) is 0. The minimum absolute atomic E-state index is 0. The molecule has 0 aromatic rings. The molecule has 0 rings (SSSR count). The molecular weight excluding hydrogens is 102 g/mol. The summed E-state index contributed by atoms with van der Waals surface area (Å²) in [5.74, 6) is 0. The molecule has 0 aromatic carbocycles. The molecule has 1 atom stereocenters. The van der Waals surface area contributed by atoms with Gasteiger partial charge in [-0.05, 0) is 4.57 Å². The number of hydrogen-bond donors (Lipinski definition) is 1. The third-order valence-electron chi connectivity index (χ3n) is 0. The molecule has 0 spiro atoms. The second kappa shape index (κ2) is 8.83. The maximum atomic E-state index is 8.51. The minimum Gasteiger partial charge on any atom is -1.00 e. The van der Waals surface area contributed by atoms with E-state index < -0.39 is 8.69 Å². The van der Waals surface area contributed by atoms with Crippen molar-refractivity contribution in [2.45, 2.75) is 0 Å². The first-order chi connectivity index (χ1) is 1.41. The molecule has 0 aliphatic heterocycles. The van der Waals surface area contributed by atoms with Crippen LogP contribution in [0.15, 0.2) is 0 Å². The first-order valence-corrected chi connectivity index (χ1v) is 1.28. The van der Waals surface area contributed by atoms with Gasteiger partial charge in [-0.1, -0.05) is 0 Å². The van der Waals surface area contributed by atoms with Gasteiger partial charge >= 0.3 is 60.1 Å². The summed E-state index contributed by atoms with van der Waals surface area (Å²) < 4.78 is 8.51. The van der Waals surface area contributed by atoms with Gasteiger partial charge in [0.25, 0.3) is 0 Å². The summed E-state index contributed by atoms with van der Waals surface area (Å²) in [6, 6.07) is 0. The van der Waals surface area contributed by atoms with Crippen LogP contribution in [-0.2, 0) is 4.57 Å². The fourth-order valence-corrected chi connectivity index (χ4v) is 0. The summed E-state index contributed by atoms with van der Waals surface area (Å²) in [7, 11) is -1.17. The van der Waals surface area contributed by atoms with E-state index in [9.17, 15) is 0 Å². The van der Waals surface area contributed by atoms with Gasteiger partial charge in [0.1, 0.15) is 0 Å². The summed E-state index contributed by atoms with van der Waals surface area (Å²) in [5.41, 5.74) is 0. The van der Waals surface area contributed by atoms with Crippen molar-refractivity contribution in [3.05, 3.63) is 0 Å². The zero-order valence-corrected chi connectivity index (χ0v) is 6.48. The monoisotopic (exact) mass is 105 g/mol. The zero-order chi connectivity index (χ0) is 2.71. The van der Waals surface area contributed by atoms with Crippen LogP contribution in [0.4, 0.5) is 0 Å². The molecule has 1 N–H and O–H groups in total. The normalized spacial score (nSPS) is 5.25. The maximum absolute atomic E-state index is 8.51. The Kier molecular flexibility index (Phi) is 20.3. The topological polar surface area (TPSA) is 37.3 Å². The van der Waals surface area contributed by atoms with E-state index in [0.717, 1.165) is 0 Å². The molecule has 0 heterocycles. The predicted octanol–water partition coefficient (Wildman–Crippen LogP) is -2.97. The van der Waals surface area contributed by atoms with Gasteiger partial charge in [-0.3, -0.25) is 0 Å². The maximum Gasteiger partial charge on any atom is 1.00 e. The standard InChI is InChI=1S/K.HO2P.H/c;1-3-2;/h;3H;/q+1;;-1/p+1. The second-order valence-corrected chi connectivity index (χ2v) is 0.274. The van der Waals surface area contributed by atoms with Crippen molar-refractivity contribution in [3.8, 4) is 0 Å². The van der Waals surface area contributed by atoms with E-state index in [4.69, 9.17) is 9.46 Å². The van der Waals surface area contributed by atoms with Crippen LogP contribution >= 0.6 is 8.69 Å². The third-order valence-corrected chi connectivity index (χ3v) is 0. The van der Waals surface area contributed by atoms with Crippen molar-refractivity contribution < 1.29 is 62.3 Å². The average Bonchev–Trinajstić information content (AvgIpc) is 0.918. The molecule has 2 nitrogen and oxygen atoms in total. The molecule has 4 heavy (non-hydrogen) atoms. The molecule has 0 aromatic heterocycles. The largest absolute Gasteiger partial charge is 1.00 e. The molecule has 4 heteroatoms. The molecule has 0 saturated heterocycles.